The van der Waals surface area contributed by atoms with Crippen LogP contribution >= 0.6 is 0 Å². The van der Waals surface area contributed by atoms with Gasteiger partial charge in [-0.25, -0.2) is 17.9 Å². The zero-order valence-electron chi connectivity index (χ0n) is 10.0. The molecular weight excluding hydrogens is 254 g/mol. The molecule has 0 aromatic heterocycles. The van der Waals surface area contributed by atoms with Crippen LogP contribution in [0.1, 0.15) is 23.2 Å². The van der Waals surface area contributed by atoms with Crippen LogP contribution in [0.4, 0.5) is 0 Å². The van der Waals surface area contributed by atoms with E-state index in [2.05, 4.69) is 4.72 Å². The molecule has 18 heavy (non-hydrogen) atoms. The molecule has 98 valence electrons. The predicted octanol–water partition coefficient (Wildman–Crippen LogP) is 1.16. The average molecular weight is 269 g/mol. The standard InChI is InChI=1S/C12H15NO4S/c1-13-18(15,16)11-5-3-2-4-10(11)12(14)17-8-9-6-7-9/h2-5,9,13H,6-8H2,1H3. The second kappa shape index (κ2) is 5.07. The van der Waals surface area contributed by atoms with E-state index in [4.69, 9.17) is 4.74 Å². The third-order valence-electron chi connectivity index (χ3n) is 2.81. The summed E-state index contributed by atoms with van der Waals surface area (Å²) in [5.41, 5.74) is 0.0764. The zero-order valence-corrected chi connectivity index (χ0v) is 10.9. The lowest BCUT2D eigenvalue weighted by molar-refractivity contribution is 0.0481. The summed E-state index contributed by atoms with van der Waals surface area (Å²) in [4.78, 5) is 11.8. The van der Waals surface area contributed by atoms with Crippen LogP contribution in [0.25, 0.3) is 0 Å². The molecule has 5 nitrogen and oxygen atoms in total. The quantitative estimate of drug-likeness (QED) is 0.814. The smallest absolute Gasteiger partial charge is 0.339 e. The summed E-state index contributed by atoms with van der Waals surface area (Å²) in [6.45, 7) is 0.368. The van der Waals surface area contributed by atoms with Gasteiger partial charge in [0.2, 0.25) is 10.0 Å². The maximum atomic E-state index is 11.8. The number of carbonyl (C=O) groups is 1. The normalized spacial score (nSPS) is 15.4. The van der Waals surface area contributed by atoms with Crippen LogP contribution in [0.5, 0.6) is 0 Å². The van der Waals surface area contributed by atoms with Crippen LogP contribution in [-0.2, 0) is 14.8 Å². The first-order valence-electron chi connectivity index (χ1n) is 5.74. The van der Waals surface area contributed by atoms with E-state index < -0.39 is 16.0 Å². The Bertz CT molecular complexity index is 549. The lowest BCUT2D eigenvalue weighted by Crippen LogP contribution is -2.22. The second-order valence-corrected chi connectivity index (χ2v) is 6.10. The van der Waals surface area contributed by atoms with E-state index in [1.165, 1.54) is 19.2 Å². The van der Waals surface area contributed by atoms with Crippen LogP contribution in [0, 0.1) is 5.92 Å². The van der Waals surface area contributed by atoms with E-state index in [-0.39, 0.29) is 10.5 Å². The van der Waals surface area contributed by atoms with Crippen molar-refractivity contribution >= 4 is 16.0 Å². The van der Waals surface area contributed by atoms with Gasteiger partial charge in [-0.1, -0.05) is 12.1 Å². The van der Waals surface area contributed by atoms with Crippen molar-refractivity contribution in [1.82, 2.24) is 4.72 Å². The molecule has 1 aromatic rings. The fourth-order valence-corrected chi connectivity index (χ4v) is 2.45. The molecule has 0 saturated heterocycles. The number of esters is 1. The first kappa shape index (κ1) is 13.0. The summed E-state index contributed by atoms with van der Waals surface area (Å²) in [5.74, 6) is -0.140. The highest BCUT2D eigenvalue weighted by Crippen LogP contribution is 2.29. The zero-order chi connectivity index (χ0) is 13.2. The molecule has 2 rings (SSSR count). The Labute approximate surface area is 106 Å². The molecule has 0 unspecified atom stereocenters. The van der Waals surface area contributed by atoms with Crippen LogP contribution in [0.2, 0.25) is 0 Å². The molecule has 1 N–H and O–H groups in total. The molecule has 0 radical (unpaired) electrons. The van der Waals surface area contributed by atoms with E-state index in [9.17, 15) is 13.2 Å². The molecule has 0 bridgehead atoms. The van der Waals surface area contributed by atoms with Gasteiger partial charge in [0.1, 0.15) is 0 Å². The van der Waals surface area contributed by atoms with Gasteiger partial charge in [0, 0.05) is 0 Å². The van der Waals surface area contributed by atoms with Gasteiger partial charge in [0.15, 0.2) is 0 Å². The first-order valence-corrected chi connectivity index (χ1v) is 7.22. The summed E-state index contributed by atoms with van der Waals surface area (Å²) >= 11 is 0. The van der Waals surface area contributed by atoms with Crippen molar-refractivity contribution < 1.29 is 17.9 Å². The van der Waals surface area contributed by atoms with Gasteiger partial charge in [-0.05, 0) is 37.9 Å². The van der Waals surface area contributed by atoms with Gasteiger partial charge in [0.25, 0.3) is 0 Å². The van der Waals surface area contributed by atoms with Gasteiger partial charge in [-0.15, -0.1) is 0 Å². The summed E-state index contributed by atoms with van der Waals surface area (Å²) < 4.78 is 30.8. The molecule has 1 aliphatic carbocycles. The van der Waals surface area contributed by atoms with Crippen molar-refractivity contribution in [2.24, 2.45) is 5.92 Å². The first-order chi connectivity index (χ1) is 8.54. The highest BCUT2D eigenvalue weighted by molar-refractivity contribution is 7.89. The predicted molar refractivity (Wildman–Crippen MR) is 65.7 cm³/mol. The van der Waals surface area contributed by atoms with E-state index in [0.29, 0.717) is 12.5 Å². The Kier molecular flexibility index (Phi) is 3.68. The average Bonchev–Trinajstić information content (AvgIpc) is 3.20. The monoisotopic (exact) mass is 269 g/mol. The van der Waals surface area contributed by atoms with Crippen molar-refractivity contribution in [2.45, 2.75) is 17.7 Å². The third-order valence-corrected chi connectivity index (χ3v) is 4.28. The molecule has 0 heterocycles. The van der Waals surface area contributed by atoms with Gasteiger partial charge in [-0.3, -0.25) is 0 Å². The van der Waals surface area contributed by atoms with E-state index in [0.717, 1.165) is 12.8 Å². The van der Waals surface area contributed by atoms with Crippen molar-refractivity contribution in [3.8, 4) is 0 Å². The number of rotatable bonds is 5. The number of hydrogen-bond donors (Lipinski definition) is 1. The Morgan fingerprint density at radius 2 is 2.06 bits per heavy atom. The van der Waals surface area contributed by atoms with Crippen LogP contribution in [0.3, 0.4) is 0 Å². The summed E-state index contributed by atoms with van der Waals surface area (Å²) in [5, 5.41) is 0. The van der Waals surface area contributed by atoms with Crippen LogP contribution in [-0.4, -0.2) is 28.0 Å². The lowest BCUT2D eigenvalue weighted by Gasteiger charge is -2.09. The topological polar surface area (TPSA) is 72.5 Å². The third kappa shape index (κ3) is 2.88. The van der Waals surface area contributed by atoms with Gasteiger partial charge >= 0.3 is 5.97 Å². The van der Waals surface area contributed by atoms with E-state index >= 15 is 0 Å². The van der Waals surface area contributed by atoms with Crippen molar-refractivity contribution in [2.75, 3.05) is 13.7 Å². The highest BCUT2D eigenvalue weighted by atomic mass is 32.2. The van der Waals surface area contributed by atoms with Crippen molar-refractivity contribution in [3.05, 3.63) is 29.8 Å². The van der Waals surface area contributed by atoms with Crippen molar-refractivity contribution in [1.29, 1.82) is 0 Å². The summed E-state index contributed by atoms with van der Waals surface area (Å²) in [6, 6.07) is 6.03. The van der Waals surface area contributed by atoms with E-state index in [1.54, 1.807) is 12.1 Å². The number of nitrogens with one attached hydrogen (secondary N) is 1. The lowest BCUT2D eigenvalue weighted by atomic mass is 10.2. The number of ether oxygens (including phenoxy) is 1. The second-order valence-electron chi connectivity index (χ2n) is 4.25. The maximum Gasteiger partial charge on any atom is 0.339 e. The minimum atomic E-state index is -3.65. The molecule has 1 fully saturated rings. The fourth-order valence-electron chi connectivity index (χ4n) is 1.54. The molecule has 0 amide bonds. The highest BCUT2D eigenvalue weighted by Gasteiger charge is 2.26. The van der Waals surface area contributed by atoms with Crippen LogP contribution < -0.4 is 4.72 Å². The molecular formula is C12H15NO4S. The van der Waals surface area contributed by atoms with Gasteiger partial charge in [-0.2, -0.15) is 0 Å². The Morgan fingerprint density at radius 3 is 2.67 bits per heavy atom. The number of sulfonamides is 1. The number of carbonyl (C=O) groups excluding carboxylic acids is 1. The molecule has 1 aliphatic rings. The largest absolute Gasteiger partial charge is 0.462 e. The summed E-state index contributed by atoms with van der Waals surface area (Å²) in [7, 11) is -2.34. The molecule has 1 saturated carbocycles. The Morgan fingerprint density at radius 1 is 1.39 bits per heavy atom. The molecule has 6 heteroatoms. The minimum absolute atomic E-state index is 0.0479. The Balaban J connectivity index is 2.23. The summed E-state index contributed by atoms with van der Waals surface area (Å²) in [6.07, 6.45) is 2.15. The Hall–Kier alpha value is -1.40. The fraction of sp³-hybridized carbons (Fsp3) is 0.417. The van der Waals surface area contributed by atoms with Gasteiger partial charge in [0.05, 0.1) is 17.1 Å². The number of hydrogen-bond acceptors (Lipinski definition) is 4. The van der Waals surface area contributed by atoms with Gasteiger partial charge < -0.3 is 4.74 Å². The molecule has 1 aromatic carbocycles. The van der Waals surface area contributed by atoms with Crippen LogP contribution in [0.15, 0.2) is 29.2 Å². The molecule has 0 atom stereocenters. The SMILES string of the molecule is CNS(=O)(=O)c1ccccc1C(=O)OCC1CC1. The minimum Gasteiger partial charge on any atom is -0.462 e. The van der Waals surface area contributed by atoms with E-state index in [1.807, 2.05) is 0 Å². The molecule has 0 aliphatic heterocycles. The molecule has 0 spiro atoms. The maximum absolute atomic E-state index is 11.8. The number of benzene rings is 1. The van der Waals surface area contributed by atoms with Crippen molar-refractivity contribution in [3.63, 3.8) is 0 Å².